The van der Waals surface area contributed by atoms with Gasteiger partial charge in [0.2, 0.25) is 6.79 Å². The van der Waals surface area contributed by atoms with Gasteiger partial charge in [-0.05, 0) is 70.6 Å². The predicted octanol–water partition coefficient (Wildman–Crippen LogP) is 3.82. The van der Waals surface area contributed by atoms with Gasteiger partial charge in [0.15, 0.2) is 17.3 Å². The normalized spacial score (nSPS) is 16.2. The Morgan fingerprint density at radius 2 is 1.69 bits per heavy atom. The topological polar surface area (TPSA) is 101 Å². The van der Waals surface area contributed by atoms with Crippen LogP contribution in [0.5, 0.6) is 11.5 Å². The van der Waals surface area contributed by atoms with E-state index in [2.05, 4.69) is 73.6 Å². The molecule has 0 amide bonds. The van der Waals surface area contributed by atoms with Crippen molar-refractivity contribution in [2.75, 3.05) is 33.0 Å². The summed E-state index contributed by atoms with van der Waals surface area (Å²) in [4.78, 5) is 21.7. The largest absolute Gasteiger partial charge is 0.454 e. The summed E-state index contributed by atoms with van der Waals surface area (Å²) in [6.45, 7) is 8.93. The Morgan fingerprint density at radius 3 is 2.52 bits per heavy atom. The van der Waals surface area contributed by atoms with Gasteiger partial charge in [-0.1, -0.05) is 48.0 Å². The lowest BCUT2D eigenvalue weighted by atomic mass is 10.00. The second-order valence-electron chi connectivity index (χ2n) is 11.2. The number of rotatable bonds is 7. The Morgan fingerprint density at radius 1 is 0.881 bits per heavy atom. The molecule has 4 heterocycles. The van der Waals surface area contributed by atoms with Crippen LogP contribution < -0.4 is 15.0 Å². The number of aromatic nitrogens is 5. The van der Waals surface area contributed by atoms with Gasteiger partial charge < -0.3 is 14.5 Å². The monoisotopic (exact) mass is 563 g/mol. The highest BCUT2D eigenvalue weighted by molar-refractivity contribution is 5.83. The molecule has 214 valence electrons. The van der Waals surface area contributed by atoms with E-state index >= 15 is 0 Å². The van der Waals surface area contributed by atoms with Crippen LogP contribution in [0.15, 0.2) is 71.5 Å². The Kier molecular flexibility index (Phi) is 6.93. The van der Waals surface area contributed by atoms with Gasteiger partial charge in [-0.3, -0.25) is 14.6 Å². The number of benzene rings is 3. The number of tetrazole rings is 1. The van der Waals surface area contributed by atoms with Crippen molar-refractivity contribution < 1.29 is 9.47 Å². The van der Waals surface area contributed by atoms with Crippen LogP contribution in [0.3, 0.4) is 0 Å². The number of aromatic amines is 1. The molecule has 0 spiro atoms. The maximum atomic E-state index is 13.7. The minimum Gasteiger partial charge on any atom is -0.454 e. The third kappa shape index (κ3) is 5.15. The number of aryl methyl sites for hydroxylation is 2. The van der Waals surface area contributed by atoms with E-state index < -0.39 is 6.04 Å². The quantitative estimate of drug-likeness (QED) is 0.319. The first-order valence-electron chi connectivity index (χ1n) is 14.3. The zero-order valence-corrected chi connectivity index (χ0v) is 23.8. The van der Waals surface area contributed by atoms with Crippen molar-refractivity contribution in [2.45, 2.75) is 33.0 Å². The number of nitrogens with zero attached hydrogens (tertiary/aromatic N) is 6. The summed E-state index contributed by atoms with van der Waals surface area (Å²) in [7, 11) is 0. The second kappa shape index (κ2) is 11.0. The molecule has 1 fully saturated rings. The highest BCUT2D eigenvalue weighted by atomic mass is 16.7. The molecule has 1 atom stereocenters. The number of pyridine rings is 1. The number of H-pyrrole nitrogens is 1. The van der Waals surface area contributed by atoms with Gasteiger partial charge >= 0.3 is 0 Å². The lowest BCUT2D eigenvalue weighted by molar-refractivity contribution is 0.0998. The fourth-order valence-corrected chi connectivity index (χ4v) is 6.16. The molecule has 2 aliphatic heterocycles. The Balaban J connectivity index is 1.21. The summed E-state index contributed by atoms with van der Waals surface area (Å²) in [6, 6.07) is 22.1. The van der Waals surface area contributed by atoms with Crippen LogP contribution in [0.2, 0.25) is 0 Å². The van der Waals surface area contributed by atoms with Gasteiger partial charge in [0.05, 0.1) is 12.1 Å². The third-order valence-electron chi connectivity index (χ3n) is 8.21. The third-order valence-corrected chi connectivity index (χ3v) is 8.21. The SMILES string of the molecule is Cc1cc(C)c2[nH]c(=O)c([C@H](c3nnnn3Cc3ccccc3)N3CCN(Cc4ccc5c(c4)OCO5)CC3)cc2c1. The zero-order chi connectivity index (χ0) is 28.6. The minimum absolute atomic E-state index is 0.114. The van der Waals surface area contributed by atoms with Gasteiger partial charge in [-0.25, -0.2) is 4.68 Å². The lowest BCUT2D eigenvalue weighted by Crippen LogP contribution is -2.48. The zero-order valence-electron chi connectivity index (χ0n) is 23.8. The van der Waals surface area contributed by atoms with Crippen LogP contribution in [0.1, 0.15) is 39.7 Å². The van der Waals surface area contributed by atoms with Crippen LogP contribution in [0, 0.1) is 13.8 Å². The van der Waals surface area contributed by atoms with Crippen LogP contribution in [-0.2, 0) is 13.1 Å². The van der Waals surface area contributed by atoms with Gasteiger partial charge in [-0.2, -0.15) is 0 Å². The number of nitrogens with one attached hydrogen (secondary N) is 1. The molecule has 10 nitrogen and oxygen atoms in total. The van der Waals surface area contributed by atoms with Crippen LogP contribution in [-0.4, -0.2) is 68.0 Å². The highest BCUT2D eigenvalue weighted by Gasteiger charge is 2.33. The highest BCUT2D eigenvalue weighted by Crippen LogP contribution is 2.33. The number of ether oxygens (including phenoxy) is 2. The van der Waals surface area contributed by atoms with E-state index in [4.69, 9.17) is 9.47 Å². The second-order valence-corrected chi connectivity index (χ2v) is 11.2. The molecule has 0 bridgehead atoms. The molecule has 3 aromatic carbocycles. The Hall–Kier alpha value is -4.54. The molecule has 5 aromatic rings. The summed E-state index contributed by atoms with van der Waals surface area (Å²) in [5, 5.41) is 13.9. The lowest BCUT2D eigenvalue weighted by Gasteiger charge is -2.38. The summed E-state index contributed by atoms with van der Waals surface area (Å²) in [6.07, 6.45) is 0. The molecular weight excluding hydrogens is 530 g/mol. The molecule has 0 aliphatic carbocycles. The first-order valence-corrected chi connectivity index (χ1v) is 14.3. The molecular formula is C32H33N7O3. The van der Waals surface area contributed by atoms with Crippen molar-refractivity contribution >= 4 is 10.9 Å². The number of piperazine rings is 1. The molecule has 0 radical (unpaired) electrons. The molecule has 1 N–H and O–H groups in total. The Labute approximate surface area is 243 Å². The molecule has 2 aliphatic rings. The summed E-state index contributed by atoms with van der Waals surface area (Å²) in [5.74, 6) is 2.26. The van der Waals surface area contributed by atoms with E-state index in [0.717, 1.165) is 71.8 Å². The van der Waals surface area contributed by atoms with Crippen molar-refractivity contribution in [3.63, 3.8) is 0 Å². The van der Waals surface area contributed by atoms with Crippen molar-refractivity contribution in [3.8, 4) is 11.5 Å². The first-order chi connectivity index (χ1) is 20.5. The van der Waals surface area contributed by atoms with Crippen LogP contribution in [0.4, 0.5) is 0 Å². The standard InChI is InChI=1S/C32H33N7O3/c1-21-14-22(2)29-25(15-21)17-26(32(40)33-29)30(31-34-35-36-39(31)19-23-6-4-3-5-7-23)38-12-10-37(11-13-38)18-24-8-9-27-28(16-24)42-20-41-27/h3-9,14-17,30H,10-13,18-20H2,1-2H3,(H,33,40)/t30-/m1/s1. The van der Waals surface area contributed by atoms with Crippen molar-refractivity contribution in [1.29, 1.82) is 0 Å². The van der Waals surface area contributed by atoms with E-state index in [1.54, 1.807) is 0 Å². The number of hydrogen-bond donors (Lipinski definition) is 1. The van der Waals surface area contributed by atoms with Crippen molar-refractivity contribution in [3.05, 3.63) is 111 Å². The molecule has 2 aromatic heterocycles. The smallest absolute Gasteiger partial charge is 0.253 e. The van der Waals surface area contributed by atoms with E-state index in [9.17, 15) is 4.79 Å². The van der Waals surface area contributed by atoms with Crippen LogP contribution in [0.25, 0.3) is 10.9 Å². The fourth-order valence-electron chi connectivity index (χ4n) is 6.16. The van der Waals surface area contributed by atoms with Crippen molar-refractivity contribution in [2.24, 2.45) is 0 Å². The fraction of sp³-hybridized carbons (Fsp3) is 0.312. The average Bonchev–Trinajstić information content (AvgIpc) is 3.65. The number of hydrogen-bond acceptors (Lipinski definition) is 8. The first kappa shape index (κ1) is 26.4. The van der Waals surface area contributed by atoms with Gasteiger partial charge in [-0.15, -0.1) is 5.10 Å². The van der Waals surface area contributed by atoms with Crippen LogP contribution >= 0.6 is 0 Å². The van der Waals surface area contributed by atoms with Gasteiger partial charge in [0.25, 0.3) is 5.56 Å². The van der Waals surface area contributed by atoms with E-state index in [1.807, 2.05) is 41.9 Å². The van der Waals surface area contributed by atoms with Gasteiger partial charge in [0.1, 0.15) is 6.04 Å². The summed E-state index contributed by atoms with van der Waals surface area (Å²) < 4.78 is 12.9. The molecule has 7 rings (SSSR count). The molecule has 0 unspecified atom stereocenters. The number of fused-ring (bicyclic) bond motifs is 2. The molecule has 10 heteroatoms. The Bertz CT molecular complexity index is 1790. The maximum absolute atomic E-state index is 13.7. The minimum atomic E-state index is -0.398. The predicted molar refractivity (Wildman–Crippen MR) is 159 cm³/mol. The van der Waals surface area contributed by atoms with Crippen molar-refractivity contribution in [1.82, 2.24) is 35.0 Å². The van der Waals surface area contributed by atoms with E-state index in [0.29, 0.717) is 17.9 Å². The van der Waals surface area contributed by atoms with Gasteiger partial charge in [0, 0.05) is 38.3 Å². The molecule has 42 heavy (non-hydrogen) atoms. The van der Waals surface area contributed by atoms with E-state index in [1.165, 1.54) is 5.56 Å². The summed E-state index contributed by atoms with van der Waals surface area (Å²) in [5.41, 5.74) is 5.89. The average molecular weight is 564 g/mol. The molecule has 0 saturated carbocycles. The summed E-state index contributed by atoms with van der Waals surface area (Å²) >= 11 is 0. The van der Waals surface area contributed by atoms with E-state index in [-0.39, 0.29) is 12.4 Å². The molecule has 1 saturated heterocycles. The maximum Gasteiger partial charge on any atom is 0.253 e.